The molecule has 0 spiro atoms. The first-order valence-electron chi connectivity index (χ1n) is 12.2. The smallest absolute Gasteiger partial charge is 0.407 e. The van der Waals surface area contributed by atoms with E-state index in [1.807, 2.05) is 6.92 Å². The summed E-state index contributed by atoms with van der Waals surface area (Å²) in [4.78, 5) is 31.4. The molecule has 0 aliphatic carbocycles. The van der Waals surface area contributed by atoms with Gasteiger partial charge in [-0.2, -0.15) is 0 Å². The lowest BCUT2D eigenvalue weighted by Gasteiger charge is -2.31. The third-order valence-corrected chi connectivity index (χ3v) is 6.63. The second kappa shape index (κ2) is 10.5. The lowest BCUT2D eigenvalue weighted by atomic mass is 10.1. The molecule has 1 N–H and O–H groups in total. The van der Waals surface area contributed by atoms with E-state index in [9.17, 15) is 14.0 Å². The van der Waals surface area contributed by atoms with Gasteiger partial charge in [0.1, 0.15) is 25.1 Å². The molecule has 2 aliphatic heterocycles. The number of hydrogen-bond acceptors (Lipinski definition) is 7. The van der Waals surface area contributed by atoms with E-state index in [1.165, 1.54) is 12.1 Å². The van der Waals surface area contributed by atoms with Crippen LogP contribution in [0, 0.1) is 12.7 Å². The molecule has 5 rings (SSSR count). The number of ether oxygens (including phenoxy) is 3. The molecule has 0 saturated carbocycles. The Morgan fingerprint density at radius 2 is 1.92 bits per heavy atom. The van der Waals surface area contributed by atoms with Gasteiger partial charge in [0.2, 0.25) is 0 Å². The fraction of sp³-hybridized carbons (Fsp3) is 0.423. The van der Waals surface area contributed by atoms with Crippen molar-refractivity contribution in [2.45, 2.75) is 39.0 Å². The summed E-state index contributed by atoms with van der Waals surface area (Å²) in [6.45, 7) is 5.69. The van der Waals surface area contributed by atoms with E-state index in [-0.39, 0.29) is 24.0 Å². The normalized spacial score (nSPS) is 16.2. The summed E-state index contributed by atoms with van der Waals surface area (Å²) in [6, 6.07) is 7.90. The fourth-order valence-electron chi connectivity index (χ4n) is 4.69. The molecule has 1 fully saturated rings. The summed E-state index contributed by atoms with van der Waals surface area (Å²) < 4.78 is 32.1. The first-order chi connectivity index (χ1) is 17.5. The molecule has 1 saturated heterocycles. The van der Waals surface area contributed by atoms with Crippen LogP contribution < -0.4 is 20.3 Å². The van der Waals surface area contributed by atoms with Crippen molar-refractivity contribution in [2.24, 2.45) is 0 Å². The number of aryl methyl sites for hydroxylation is 1. The first kappa shape index (κ1) is 24.1. The van der Waals surface area contributed by atoms with Crippen molar-refractivity contribution in [2.75, 3.05) is 32.8 Å². The highest BCUT2D eigenvalue weighted by molar-refractivity contribution is 5.82. The Hall–Kier alpha value is -3.66. The Kier molecular flexibility index (Phi) is 7.04. The number of carbonyl (C=O) groups is 1. The number of aromatic nitrogens is 2. The van der Waals surface area contributed by atoms with Gasteiger partial charge in [-0.15, -0.1) is 0 Å². The maximum Gasteiger partial charge on any atom is 0.407 e. The van der Waals surface area contributed by atoms with Gasteiger partial charge in [-0.3, -0.25) is 9.78 Å². The number of benzene rings is 1. The molecule has 1 aromatic carbocycles. The van der Waals surface area contributed by atoms with Crippen molar-refractivity contribution in [3.05, 3.63) is 64.0 Å². The summed E-state index contributed by atoms with van der Waals surface area (Å²) in [5.41, 5.74) is 1.98. The molecule has 10 heteroatoms. The van der Waals surface area contributed by atoms with E-state index in [1.54, 1.807) is 29.0 Å². The number of piperidine rings is 1. The second-order valence-electron chi connectivity index (χ2n) is 9.10. The van der Waals surface area contributed by atoms with Crippen molar-refractivity contribution in [3.63, 3.8) is 0 Å². The topological polar surface area (TPSA) is 94.9 Å². The molecule has 3 aromatic rings. The van der Waals surface area contributed by atoms with Crippen LogP contribution in [0.5, 0.6) is 11.5 Å². The number of likely N-dealkylation sites (tertiary alicyclic amines) is 1. The number of amides is 1. The van der Waals surface area contributed by atoms with Crippen LogP contribution in [0.15, 0.2) is 41.3 Å². The lowest BCUT2D eigenvalue weighted by molar-refractivity contribution is 0.0496. The largest absolute Gasteiger partial charge is 0.486 e. The van der Waals surface area contributed by atoms with Crippen molar-refractivity contribution < 1.29 is 23.4 Å². The highest BCUT2D eigenvalue weighted by Crippen LogP contribution is 2.29. The van der Waals surface area contributed by atoms with Gasteiger partial charge in [-0.25, -0.2) is 9.18 Å². The van der Waals surface area contributed by atoms with Crippen molar-refractivity contribution >= 4 is 17.0 Å². The number of alkyl carbamates (subject to hydrolysis) is 1. The number of pyridine rings is 2. The van der Waals surface area contributed by atoms with Crippen LogP contribution in [0.25, 0.3) is 10.9 Å². The third-order valence-electron chi connectivity index (χ3n) is 6.63. The Labute approximate surface area is 207 Å². The van der Waals surface area contributed by atoms with Crippen LogP contribution in [0.2, 0.25) is 0 Å². The maximum atomic E-state index is 13.9. The van der Waals surface area contributed by atoms with Crippen LogP contribution in [-0.2, 0) is 17.8 Å². The van der Waals surface area contributed by atoms with Crippen LogP contribution in [0.4, 0.5) is 9.18 Å². The Morgan fingerprint density at radius 1 is 1.14 bits per heavy atom. The van der Waals surface area contributed by atoms with E-state index in [0.29, 0.717) is 61.9 Å². The molecule has 2 aromatic heterocycles. The molecule has 190 valence electrons. The Balaban J connectivity index is 1.09. The lowest BCUT2D eigenvalue weighted by Crippen LogP contribution is -2.41. The van der Waals surface area contributed by atoms with Crippen LogP contribution >= 0.6 is 0 Å². The molecule has 2 aliphatic rings. The molecule has 0 radical (unpaired) electrons. The van der Waals surface area contributed by atoms with E-state index in [0.717, 1.165) is 24.0 Å². The number of fused-ring (bicyclic) bond motifs is 2. The van der Waals surface area contributed by atoms with Gasteiger partial charge in [0.05, 0.1) is 24.0 Å². The van der Waals surface area contributed by atoms with Gasteiger partial charge in [-0.1, -0.05) is 0 Å². The van der Waals surface area contributed by atoms with E-state index in [2.05, 4.69) is 15.2 Å². The molecule has 4 heterocycles. The van der Waals surface area contributed by atoms with Crippen LogP contribution in [-0.4, -0.2) is 59.5 Å². The third kappa shape index (κ3) is 5.43. The first-order valence-corrected chi connectivity index (χ1v) is 12.2. The minimum absolute atomic E-state index is 0.131. The van der Waals surface area contributed by atoms with E-state index >= 15 is 0 Å². The zero-order chi connectivity index (χ0) is 25.1. The Bertz CT molecular complexity index is 1320. The monoisotopic (exact) mass is 496 g/mol. The number of carbonyl (C=O) groups excluding carboxylic acids is 1. The summed E-state index contributed by atoms with van der Waals surface area (Å²) >= 11 is 0. The highest BCUT2D eigenvalue weighted by atomic mass is 19.1. The molecule has 36 heavy (non-hydrogen) atoms. The number of nitrogens with one attached hydrogen (secondary N) is 1. The predicted molar refractivity (Wildman–Crippen MR) is 131 cm³/mol. The second-order valence-corrected chi connectivity index (χ2v) is 9.10. The van der Waals surface area contributed by atoms with Crippen LogP contribution in [0.3, 0.4) is 0 Å². The average molecular weight is 497 g/mol. The van der Waals surface area contributed by atoms with Gasteiger partial charge >= 0.3 is 6.09 Å². The number of hydrogen-bond donors (Lipinski definition) is 1. The van der Waals surface area contributed by atoms with E-state index < -0.39 is 6.09 Å². The van der Waals surface area contributed by atoms with Gasteiger partial charge in [0, 0.05) is 43.7 Å². The molecule has 9 nitrogen and oxygen atoms in total. The standard InChI is InChI=1S/C26H29FN4O5/c1-17-12-25(32)31(22-13-18(27)2-3-21(17)22)9-8-30-6-4-20(5-7-30)36-26(33)29-15-19-14-23-24(16-28-19)35-11-10-34-23/h2-3,12-14,16,20H,4-11,15H2,1H3,(H,29,33). The van der Waals surface area contributed by atoms with Crippen LogP contribution in [0.1, 0.15) is 24.1 Å². The molecule has 1 amide bonds. The molecular weight excluding hydrogens is 467 g/mol. The van der Waals surface area contributed by atoms with Gasteiger partial charge in [0.15, 0.2) is 11.5 Å². The minimum Gasteiger partial charge on any atom is -0.486 e. The summed E-state index contributed by atoms with van der Waals surface area (Å²) in [6.07, 6.45) is 2.34. The van der Waals surface area contributed by atoms with Crippen molar-refractivity contribution in [1.82, 2.24) is 19.8 Å². The summed E-state index contributed by atoms with van der Waals surface area (Å²) in [5.74, 6) is 0.869. The Morgan fingerprint density at radius 3 is 2.72 bits per heavy atom. The number of nitrogens with zero attached hydrogens (tertiary/aromatic N) is 3. The fourth-order valence-corrected chi connectivity index (χ4v) is 4.69. The van der Waals surface area contributed by atoms with Crippen molar-refractivity contribution in [1.29, 1.82) is 0 Å². The maximum absolute atomic E-state index is 13.9. The minimum atomic E-state index is -0.482. The zero-order valence-corrected chi connectivity index (χ0v) is 20.2. The summed E-state index contributed by atoms with van der Waals surface area (Å²) in [7, 11) is 0. The van der Waals surface area contributed by atoms with Crippen molar-refractivity contribution in [3.8, 4) is 11.5 Å². The quantitative estimate of drug-likeness (QED) is 0.561. The zero-order valence-electron chi connectivity index (χ0n) is 20.2. The molecular formula is C26H29FN4O5. The average Bonchev–Trinajstić information content (AvgIpc) is 2.88. The molecule has 0 bridgehead atoms. The predicted octanol–water partition coefficient (Wildman–Crippen LogP) is 3.01. The SMILES string of the molecule is Cc1cc(=O)n(CCN2CCC(OC(=O)NCc3cc4c(cn3)OCCO4)CC2)c2cc(F)ccc12. The van der Waals surface area contributed by atoms with Gasteiger partial charge in [0.25, 0.3) is 5.56 Å². The van der Waals surface area contributed by atoms with E-state index in [4.69, 9.17) is 14.2 Å². The molecule has 0 atom stereocenters. The number of rotatable bonds is 6. The highest BCUT2D eigenvalue weighted by Gasteiger charge is 2.23. The molecule has 0 unspecified atom stereocenters. The summed E-state index contributed by atoms with van der Waals surface area (Å²) in [5, 5.41) is 3.62. The van der Waals surface area contributed by atoms with Gasteiger partial charge < -0.3 is 29.0 Å². The number of halogens is 1. The van der Waals surface area contributed by atoms with Gasteiger partial charge in [-0.05, 0) is 43.5 Å².